The van der Waals surface area contributed by atoms with E-state index in [0.717, 1.165) is 48.4 Å². The topological polar surface area (TPSA) is 24.5 Å². The van der Waals surface area contributed by atoms with Gasteiger partial charge in [0, 0.05) is 23.7 Å². The fourth-order valence-corrected chi connectivity index (χ4v) is 3.08. The van der Waals surface area contributed by atoms with Gasteiger partial charge in [0.2, 0.25) is 0 Å². The first-order valence-corrected chi connectivity index (χ1v) is 7.30. The molecule has 1 atom stereocenters. The fraction of sp³-hybridized carbons (Fsp3) is 0.600. The highest BCUT2D eigenvalue weighted by Gasteiger charge is 2.21. The van der Waals surface area contributed by atoms with Crippen molar-refractivity contribution in [3.63, 3.8) is 0 Å². The van der Waals surface area contributed by atoms with E-state index >= 15 is 0 Å². The van der Waals surface area contributed by atoms with Gasteiger partial charge in [-0.15, -0.1) is 0 Å². The molecule has 19 heavy (non-hydrogen) atoms. The molecule has 1 aromatic carbocycles. The summed E-state index contributed by atoms with van der Waals surface area (Å²) in [6.07, 6.45) is 2.58. The summed E-state index contributed by atoms with van der Waals surface area (Å²) in [5.41, 5.74) is 1.11. The van der Waals surface area contributed by atoms with Gasteiger partial charge in [-0.1, -0.05) is 17.7 Å². The lowest BCUT2D eigenvalue weighted by Gasteiger charge is -2.33. The number of rotatable bonds is 5. The van der Waals surface area contributed by atoms with Crippen molar-refractivity contribution < 1.29 is 4.74 Å². The molecule has 1 unspecified atom stereocenters. The van der Waals surface area contributed by atoms with Crippen LogP contribution in [-0.4, -0.2) is 38.7 Å². The van der Waals surface area contributed by atoms with Crippen LogP contribution in [0.5, 0.6) is 5.75 Å². The van der Waals surface area contributed by atoms with Crippen molar-refractivity contribution in [2.75, 3.05) is 33.8 Å². The van der Waals surface area contributed by atoms with Crippen molar-refractivity contribution in [3.8, 4) is 5.75 Å². The highest BCUT2D eigenvalue weighted by Crippen LogP contribution is 2.29. The number of piperidine rings is 1. The number of halogens is 1. The Morgan fingerprint density at radius 1 is 1.47 bits per heavy atom. The average Bonchev–Trinajstić information content (AvgIpc) is 2.42. The molecule has 0 saturated carbocycles. The summed E-state index contributed by atoms with van der Waals surface area (Å²) in [5.74, 6) is 1.63. The van der Waals surface area contributed by atoms with E-state index in [4.69, 9.17) is 16.3 Å². The molecule has 1 aliphatic rings. The van der Waals surface area contributed by atoms with Gasteiger partial charge in [0.25, 0.3) is 0 Å². The maximum atomic E-state index is 6.31. The predicted octanol–water partition coefficient (Wildman–Crippen LogP) is 2.78. The lowest BCUT2D eigenvalue weighted by molar-refractivity contribution is 0.165. The van der Waals surface area contributed by atoms with E-state index in [2.05, 4.69) is 10.2 Å². The molecule has 1 heterocycles. The molecule has 1 fully saturated rings. The van der Waals surface area contributed by atoms with Crippen LogP contribution in [0.2, 0.25) is 5.02 Å². The number of ether oxygens (including phenoxy) is 1. The monoisotopic (exact) mass is 282 g/mol. The number of hydrogen-bond acceptors (Lipinski definition) is 3. The SMILES string of the molecule is CNCC1CCCN(Cc2c(Cl)cccc2OC)C1. The first kappa shape index (κ1) is 14.6. The Hall–Kier alpha value is -0.770. The number of nitrogens with one attached hydrogen (secondary N) is 1. The zero-order chi connectivity index (χ0) is 13.7. The minimum absolute atomic E-state index is 0.743. The Labute approximate surface area is 120 Å². The van der Waals surface area contributed by atoms with Crippen molar-refractivity contribution in [3.05, 3.63) is 28.8 Å². The quantitative estimate of drug-likeness (QED) is 0.899. The molecule has 1 saturated heterocycles. The second-order valence-electron chi connectivity index (χ2n) is 5.22. The van der Waals surface area contributed by atoms with Gasteiger partial charge in [-0.2, -0.15) is 0 Å². The zero-order valence-corrected chi connectivity index (χ0v) is 12.5. The molecule has 3 nitrogen and oxygen atoms in total. The minimum Gasteiger partial charge on any atom is -0.496 e. The summed E-state index contributed by atoms with van der Waals surface area (Å²) < 4.78 is 5.42. The molecule has 0 radical (unpaired) electrons. The summed E-state index contributed by atoms with van der Waals surface area (Å²) in [6, 6.07) is 5.86. The Kier molecular flexibility index (Phi) is 5.49. The summed E-state index contributed by atoms with van der Waals surface area (Å²) in [6.45, 7) is 4.25. The number of likely N-dealkylation sites (tertiary alicyclic amines) is 1. The van der Waals surface area contributed by atoms with Gasteiger partial charge in [0.15, 0.2) is 0 Å². The van der Waals surface area contributed by atoms with Gasteiger partial charge in [-0.3, -0.25) is 4.90 Å². The standard InChI is InChI=1S/C15H23ClN2O/c1-17-9-12-5-4-8-18(10-12)11-13-14(16)6-3-7-15(13)19-2/h3,6-7,12,17H,4-5,8-11H2,1-2H3. The second kappa shape index (κ2) is 7.13. The fourth-order valence-electron chi connectivity index (χ4n) is 2.86. The van der Waals surface area contributed by atoms with Gasteiger partial charge < -0.3 is 10.1 Å². The van der Waals surface area contributed by atoms with E-state index in [9.17, 15) is 0 Å². The third-order valence-electron chi connectivity index (χ3n) is 3.77. The zero-order valence-electron chi connectivity index (χ0n) is 11.8. The van der Waals surface area contributed by atoms with Crippen LogP contribution in [0.25, 0.3) is 0 Å². The predicted molar refractivity (Wildman–Crippen MR) is 79.9 cm³/mol. The molecular weight excluding hydrogens is 260 g/mol. The lowest BCUT2D eigenvalue weighted by atomic mass is 9.97. The average molecular weight is 283 g/mol. The van der Waals surface area contributed by atoms with E-state index in [0.29, 0.717) is 0 Å². The third kappa shape index (κ3) is 3.85. The van der Waals surface area contributed by atoms with Gasteiger partial charge in [0.05, 0.1) is 7.11 Å². The summed E-state index contributed by atoms with van der Waals surface area (Å²) >= 11 is 6.31. The van der Waals surface area contributed by atoms with Gasteiger partial charge in [-0.25, -0.2) is 0 Å². The minimum atomic E-state index is 0.743. The molecule has 0 amide bonds. The molecule has 1 aliphatic heterocycles. The second-order valence-corrected chi connectivity index (χ2v) is 5.63. The Morgan fingerprint density at radius 2 is 2.32 bits per heavy atom. The van der Waals surface area contributed by atoms with Crippen LogP contribution < -0.4 is 10.1 Å². The first-order chi connectivity index (χ1) is 9.24. The van der Waals surface area contributed by atoms with Crippen LogP contribution in [0, 0.1) is 5.92 Å². The molecule has 1 N–H and O–H groups in total. The maximum Gasteiger partial charge on any atom is 0.124 e. The van der Waals surface area contributed by atoms with Crippen molar-refractivity contribution in [1.82, 2.24) is 10.2 Å². The van der Waals surface area contributed by atoms with Gasteiger partial charge in [0.1, 0.15) is 5.75 Å². The van der Waals surface area contributed by atoms with Crippen LogP contribution in [0.3, 0.4) is 0 Å². The number of nitrogens with zero attached hydrogens (tertiary/aromatic N) is 1. The largest absolute Gasteiger partial charge is 0.496 e. The Morgan fingerprint density at radius 3 is 3.05 bits per heavy atom. The van der Waals surface area contributed by atoms with Gasteiger partial charge >= 0.3 is 0 Å². The molecule has 0 spiro atoms. The molecule has 106 valence electrons. The van der Waals surface area contributed by atoms with Crippen LogP contribution in [0.1, 0.15) is 18.4 Å². The molecule has 4 heteroatoms. The lowest BCUT2D eigenvalue weighted by Crippen LogP contribution is -2.38. The van der Waals surface area contributed by atoms with E-state index in [-0.39, 0.29) is 0 Å². The van der Waals surface area contributed by atoms with Gasteiger partial charge in [-0.05, 0) is 51.0 Å². The first-order valence-electron chi connectivity index (χ1n) is 6.93. The highest BCUT2D eigenvalue weighted by atomic mass is 35.5. The van der Waals surface area contributed by atoms with Crippen LogP contribution in [0.15, 0.2) is 18.2 Å². The molecule has 0 aromatic heterocycles. The normalized spacial score (nSPS) is 20.5. The van der Waals surface area contributed by atoms with Crippen molar-refractivity contribution in [2.24, 2.45) is 5.92 Å². The summed E-state index contributed by atoms with van der Waals surface area (Å²) in [4.78, 5) is 2.48. The van der Waals surface area contributed by atoms with E-state index in [1.54, 1.807) is 7.11 Å². The number of methoxy groups -OCH3 is 1. The molecular formula is C15H23ClN2O. The van der Waals surface area contributed by atoms with Crippen molar-refractivity contribution >= 4 is 11.6 Å². The maximum absolute atomic E-state index is 6.31. The van der Waals surface area contributed by atoms with Crippen molar-refractivity contribution in [2.45, 2.75) is 19.4 Å². The summed E-state index contributed by atoms with van der Waals surface area (Å²) in [5, 5.41) is 4.08. The molecule has 0 aliphatic carbocycles. The van der Waals surface area contributed by atoms with Crippen LogP contribution >= 0.6 is 11.6 Å². The van der Waals surface area contributed by atoms with E-state index in [1.807, 2.05) is 25.2 Å². The molecule has 1 aromatic rings. The van der Waals surface area contributed by atoms with Crippen LogP contribution in [0.4, 0.5) is 0 Å². The Bertz CT molecular complexity index is 409. The third-order valence-corrected chi connectivity index (χ3v) is 4.13. The Balaban J connectivity index is 2.04. The highest BCUT2D eigenvalue weighted by molar-refractivity contribution is 6.31. The smallest absolute Gasteiger partial charge is 0.124 e. The van der Waals surface area contributed by atoms with E-state index < -0.39 is 0 Å². The number of hydrogen-bond donors (Lipinski definition) is 1. The van der Waals surface area contributed by atoms with E-state index in [1.165, 1.54) is 12.8 Å². The molecule has 2 rings (SSSR count). The van der Waals surface area contributed by atoms with Crippen molar-refractivity contribution in [1.29, 1.82) is 0 Å². The summed E-state index contributed by atoms with van der Waals surface area (Å²) in [7, 11) is 3.73. The number of benzene rings is 1. The van der Waals surface area contributed by atoms with Crippen LogP contribution in [-0.2, 0) is 6.54 Å². The molecule has 0 bridgehead atoms.